The van der Waals surface area contributed by atoms with Crippen LogP contribution in [0.2, 0.25) is 0 Å². The van der Waals surface area contributed by atoms with E-state index in [-0.39, 0.29) is 30.0 Å². The van der Waals surface area contributed by atoms with E-state index in [2.05, 4.69) is 10.3 Å². The Morgan fingerprint density at radius 2 is 1.87 bits per heavy atom. The quantitative estimate of drug-likeness (QED) is 0.508. The standard InChI is InChI=1S/C23H35N5O3/c1-5-6-13-28-21(24)20(22(30)26-23(28)31)27(14-12-16(2)3)19(29)15-25-17(4)18-10-8-7-9-11-18/h7-11,16-17,25H,5-6,12-15,24H2,1-4H3,(H,26,30,31)/t17-/m0/s1. The van der Waals surface area contributed by atoms with Gasteiger partial charge in [0.2, 0.25) is 5.91 Å². The molecule has 0 bridgehead atoms. The van der Waals surface area contributed by atoms with Crippen molar-refractivity contribution in [2.75, 3.05) is 23.7 Å². The molecule has 1 aromatic heterocycles. The summed E-state index contributed by atoms with van der Waals surface area (Å²) in [5, 5.41) is 3.22. The van der Waals surface area contributed by atoms with Gasteiger partial charge in [0.1, 0.15) is 5.82 Å². The van der Waals surface area contributed by atoms with E-state index in [4.69, 9.17) is 5.73 Å². The lowest BCUT2D eigenvalue weighted by Crippen LogP contribution is -2.45. The zero-order chi connectivity index (χ0) is 23.0. The normalized spacial score (nSPS) is 12.2. The van der Waals surface area contributed by atoms with Crippen molar-refractivity contribution in [3.63, 3.8) is 0 Å². The van der Waals surface area contributed by atoms with Crippen molar-refractivity contribution >= 4 is 17.4 Å². The van der Waals surface area contributed by atoms with Crippen LogP contribution in [0, 0.1) is 5.92 Å². The van der Waals surface area contributed by atoms with Crippen LogP contribution < -0.4 is 27.2 Å². The number of aromatic amines is 1. The minimum Gasteiger partial charge on any atom is -0.383 e. The number of nitrogen functional groups attached to an aromatic ring is 1. The van der Waals surface area contributed by atoms with E-state index >= 15 is 0 Å². The molecule has 1 amide bonds. The van der Waals surface area contributed by atoms with E-state index in [0.717, 1.165) is 18.4 Å². The third-order valence-corrected chi connectivity index (χ3v) is 5.31. The number of H-pyrrole nitrogens is 1. The lowest BCUT2D eigenvalue weighted by atomic mass is 10.1. The fourth-order valence-corrected chi connectivity index (χ4v) is 3.32. The van der Waals surface area contributed by atoms with E-state index < -0.39 is 11.2 Å². The van der Waals surface area contributed by atoms with Gasteiger partial charge in [0.25, 0.3) is 5.56 Å². The Morgan fingerprint density at radius 3 is 2.48 bits per heavy atom. The monoisotopic (exact) mass is 429 g/mol. The Morgan fingerprint density at radius 1 is 1.19 bits per heavy atom. The molecule has 0 aliphatic heterocycles. The molecular formula is C23H35N5O3. The average molecular weight is 430 g/mol. The second-order valence-corrected chi connectivity index (χ2v) is 8.24. The molecule has 4 N–H and O–H groups in total. The molecule has 0 saturated carbocycles. The number of rotatable bonds is 11. The molecule has 1 aromatic carbocycles. The summed E-state index contributed by atoms with van der Waals surface area (Å²) >= 11 is 0. The average Bonchev–Trinajstić information content (AvgIpc) is 2.74. The van der Waals surface area contributed by atoms with E-state index in [1.54, 1.807) is 0 Å². The van der Waals surface area contributed by atoms with Crippen LogP contribution in [0.3, 0.4) is 0 Å². The van der Waals surface area contributed by atoms with E-state index in [1.807, 2.05) is 58.0 Å². The van der Waals surface area contributed by atoms with Gasteiger partial charge in [0.15, 0.2) is 5.69 Å². The molecular weight excluding hydrogens is 394 g/mol. The lowest BCUT2D eigenvalue weighted by molar-refractivity contribution is -0.118. The first-order valence-electron chi connectivity index (χ1n) is 11.0. The number of aromatic nitrogens is 2. The maximum atomic E-state index is 13.2. The molecule has 0 saturated heterocycles. The summed E-state index contributed by atoms with van der Waals surface area (Å²) in [5.74, 6) is 0.106. The highest BCUT2D eigenvalue weighted by Gasteiger charge is 2.24. The minimum atomic E-state index is -0.636. The van der Waals surface area contributed by atoms with Gasteiger partial charge in [-0.15, -0.1) is 0 Å². The van der Waals surface area contributed by atoms with Crippen LogP contribution in [0.5, 0.6) is 0 Å². The Hall–Kier alpha value is -2.87. The number of amides is 1. The van der Waals surface area contributed by atoms with Crippen LogP contribution in [-0.4, -0.2) is 28.5 Å². The van der Waals surface area contributed by atoms with Crippen LogP contribution in [-0.2, 0) is 11.3 Å². The highest BCUT2D eigenvalue weighted by molar-refractivity contribution is 5.96. The van der Waals surface area contributed by atoms with Crippen LogP contribution in [0.25, 0.3) is 0 Å². The molecule has 2 rings (SSSR count). The molecule has 31 heavy (non-hydrogen) atoms. The van der Waals surface area contributed by atoms with Crippen molar-refractivity contribution in [2.24, 2.45) is 5.92 Å². The van der Waals surface area contributed by atoms with Gasteiger partial charge in [-0.3, -0.25) is 19.1 Å². The van der Waals surface area contributed by atoms with Crippen LogP contribution in [0.1, 0.15) is 58.6 Å². The smallest absolute Gasteiger partial charge is 0.330 e. The first-order valence-corrected chi connectivity index (χ1v) is 11.0. The summed E-state index contributed by atoms with van der Waals surface area (Å²) in [6, 6.07) is 9.79. The summed E-state index contributed by atoms with van der Waals surface area (Å²) in [7, 11) is 0. The van der Waals surface area contributed by atoms with Gasteiger partial charge in [-0.1, -0.05) is 57.5 Å². The molecule has 0 aliphatic carbocycles. The molecule has 0 radical (unpaired) electrons. The number of benzene rings is 1. The van der Waals surface area contributed by atoms with Gasteiger partial charge in [0.05, 0.1) is 6.54 Å². The lowest BCUT2D eigenvalue weighted by Gasteiger charge is -2.26. The van der Waals surface area contributed by atoms with Crippen LogP contribution in [0.15, 0.2) is 39.9 Å². The summed E-state index contributed by atoms with van der Waals surface area (Å²) in [6.45, 7) is 8.86. The molecule has 0 fully saturated rings. The molecule has 0 unspecified atom stereocenters. The first kappa shape index (κ1) is 24.4. The Bertz CT molecular complexity index is 965. The van der Waals surface area contributed by atoms with Gasteiger partial charge >= 0.3 is 5.69 Å². The molecule has 8 heteroatoms. The summed E-state index contributed by atoms with van der Waals surface area (Å²) in [5.41, 5.74) is 6.18. The molecule has 0 aliphatic rings. The number of nitrogens with two attached hydrogens (primary N) is 1. The van der Waals surface area contributed by atoms with Crippen molar-refractivity contribution in [1.29, 1.82) is 0 Å². The van der Waals surface area contributed by atoms with Gasteiger partial charge < -0.3 is 16.0 Å². The Labute approximate surface area is 183 Å². The summed E-state index contributed by atoms with van der Waals surface area (Å²) in [6.07, 6.45) is 2.32. The maximum Gasteiger partial charge on any atom is 0.330 e. The molecule has 8 nitrogen and oxygen atoms in total. The summed E-state index contributed by atoms with van der Waals surface area (Å²) < 4.78 is 1.34. The topological polar surface area (TPSA) is 113 Å². The second-order valence-electron chi connectivity index (χ2n) is 8.24. The Balaban J connectivity index is 2.32. The third-order valence-electron chi connectivity index (χ3n) is 5.31. The van der Waals surface area contributed by atoms with E-state index in [1.165, 1.54) is 9.47 Å². The molecule has 0 spiro atoms. The number of hydrogen-bond donors (Lipinski definition) is 3. The van der Waals surface area contributed by atoms with Crippen molar-refractivity contribution in [2.45, 2.75) is 59.5 Å². The fraction of sp³-hybridized carbons (Fsp3) is 0.522. The number of hydrogen-bond acceptors (Lipinski definition) is 5. The highest BCUT2D eigenvalue weighted by atomic mass is 16.2. The maximum absolute atomic E-state index is 13.2. The SMILES string of the molecule is CCCCn1c(N)c(N(CCC(C)C)C(=O)CN[C@@H](C)c2ccccc2)c(=O)[nH]c1=O. The van der Waals surface area contributed by atoms with Crippen LogP contribution in [0.4, 0.5) is 11.5 Å². The molecule has 1 atom stereocenters. The number of carbonyl (C=O) groups excluding carboxylic acids is 1. The number of nitrogens with zero attached hydrogens (tertiary/aromatic N) is 2. The zero-order valence-corrected chi connectivity index (χ0v) is 19.0. The number of nitrogens with one attached hydrogen (secondary N) is 2. The molecule has 2 aromatic rings. The first-order chi connectivity index (χ1) is 14.8. The molecule has 170 valence electrons. The predicted molar refractivity (Wildman–Crippen MR) is 125 cm³/mol. The molecule has 1 heterocycles. The van der Waals surface area contributed by atoms with Crippen molar-refractivity contribution < 1.29 is 4.79 Å². The van der Waals surface area contributed by atoms with Gasteiger partial charge in [-0.2, -0.15) is 0 Å². The second kappa shape index (κ2) is 11.5. The number of unbranched alkanes of at least 4 members (excludes halogenated alkanes) is 1. The number of anilines is 2. The van der Waals surface area contributed by atoms with Crippen LogP contribution >= 0.6 is 0 Å². The van der Waals surface area contributed by atoms with Crippen molar-refractivity contribution in [3.8, 4) is 0 Å². The highest BCUT2D eigenvalue weighted by Crippen LogP contribution is 2.19. The third kappa shape index (κ3) is 6.55. The Kier molecular flexibility index (Phi) is 9.05. The fourth-order valence-electron chi connectivity index (χ4n) is 3.32. The van der Waals surface area contributed by atoms with E-state index in [0.29, 0.717) is 25.4 Å². The minimum absolute atomic E-state index is 0.0359. The van der Waals surface area contributed by atoms with Gasteiger partial charge in [0, 0.05) is 19.1 Å². The van der Waals surface area contributed by atoms with E-state index in [9.17, 15) is 14.4 Å². The van der Waals surface area contributed by atoms with Gasteiger partial charge in [-0.25, -0.2) is 4.79 Å². The largest absolute Gasteiger partial charge is 0.383 e. The van der Waals surface area contributed by atoms with Crippen molar-refractivity contribution in [1.82, 2.24) is 14.9 Å². The summed E-state index contributed by atoms with van der Waals surface area (Å²) in [4.78, 5) is 41.9. The van der Waals surface area contributed by atoms with Crippen molar-refractivity contribution in [3.05, 3.63) is 56.7 Å². The number of carbonyl (C=O) groups is 1. The predicted octanol–water partition coefficient (Wildman–Crippen LogP) is 2.65. The van der Waals surface area contributed by atoms with Gasteiger partial charge in [-0.05, 0) is 31.2 Å². The zero-order valence-electron chi connectivity index (χ0n) is 19.0.